The second-order valence-corrected chi connectivity index (χ2v) is 4.44. The number of nitrogens with one attached hydrogen (secondary N) is 1. The quantitative estimate of drug-likeness (QED) is 0.806. The maximum atomic E-state index is 9.48. The van der Waals surface area contributed by atoms with Gasteiger partial charge < -0.3 is 10.4 Å². The van der Waals surface area contributed by atoms with Crippen LogP contribution in [-0.2, 0) is 0 Å². The molecule has 0 saturated heterocycles. The molecule has 0 bridgehead atoms. The molecule has 2 nitrogen and oxygen atoms in total. The van der Waals surface area contributed by atoms with Crippen molar-refractivity contribution in [3.8, 4) is 0 Å². The number of aliphatic hydroxyl groups is 1. The third-order valence-electron chi connectivity index (χ3n) is 1.89. The molecule has 0 amide bonds. The van der Waals surface area contributed by atoms with Gasteiger partial charge in [-0.1, -0.05) is 17.7 Å². The number of rotatable bonds is 4. The van der Waals surface area contributed by atoms with Crippen molar-refractivity contribution in [2.45, 2.75) is 25.9 Å². The molecule has 0 aliphatic heterocycles. The van der Waals surface area contributed by atoms with E-state index in [0.29, 0.717) is 6.42 Å². The minimum Gasteiger partial charge on any atom is -0.390 e. The summed E-state index contributed by atoms with van der Waals surface area (Å²) >= 11 is 5.82. The molecule has 78 valence electrons. The molecule has 0 radical (unpaired) electrons. The Morgan fingerprint density at radius 2 is 2.14 bits per heavy atom. The van der Waals surface area contributed by atoms with Gasteiger partial charge in [0.05, 0.1) is 5.60 Å². The van der Waals surface area contributed by atoms with Crippen LogP contribution >= 0.6 is 11.6 Å². The largest absolute Gasteiger partial charge is 0.390 e. The van der Waals surface area contributed by atoms with Gasteiger partial charge in [0, 0.05) is 17.3 Å². The molecule has 3 heteroatoms. The van der Waals surface area contributed by atoms with Gasteiger partial charge >= 0.3 is 0 Å². The third-order valence-corrected chi connectivity index (χ3v) is 2.13. The van der Waals surface area contributed by atoms with E-state index in [1.165, 1.54) is 0 Å². The van der Waals surface area contributed by atoms with Crippen LogP contribution in [0.5, 0.6) is 0 Å². The van der Waals surface area contributed by atoms with Gasteiger partial charge in [-0.25, -0.2) is 0 Å². The highest BCUT2D eigenvalue weighted by Gasteiger charge is 2.10. The third kappa shape index (κ3) is 4.49. The average Bonchev–Trinajstić information content (AvgIpc) is 2.01. The molecular weight excluding hydrogens is 198 g/mol. The molecule has 0 unspecified atom stereocenters. The summed E-state index contributed by atoms with van der Waals surface area (Å²) < 4.78 is 0. The maximum Gasteiger partial charge on any atom is 0.0608 e. The highest BCUT2D eigenvalue weighted by molar-refractivity contribution is 6.30. The van der Waals surface area contributed by atoms with Crippen LogP contribution in [0.25, 0.3) is 0 Å². The van der Waals surface area contributed by atoms with E-state index >= 15 is 0 Å². The van der Waals surface area contributed by atoms with E-state index in [2.05, 4.69) is 5.32 Å². The van der Waals surface area contributed by atoms with Crippen molar-refractivity contribution >= 4 is 17.3 Å². The lowest BCUT2D eigenvalue weighted by Gasteiger charge is -2.17. The van der Waals surface area contributed by atoms with Gasteiger partial charge in [-0.05, 0) is 38.5 Å². The second kappa shape index (κ2) is 4.67. The summed E-state index contributed by atoms with van der Waals surface area (Å²) in [7, 11) is 0. The van der Waals surface area contributed by atoms with Gasteiger partial charge in [-0.2, -0.15) is 0 Å². The normalized spacial score (nSPS) is 11.4. The molecule has 14 heavy (non-hydrogen) atoms. The molecule has 1 aromatic rings. The predicted molar refractivity (Wildman–Crippen MR) is 60.9 cm³/mol. The Balaban J connectivity index is 2.39. The van der Waals surface area contributed by atoms with Crippen LogP contribution in [0.2, 0.25) is 5.02 Å². The molecule has 0 aliphatic carbocycles. The zero-order valence-corrected chi connectivity index (χ0v) is 9.30. The van der Waals surface area contributed by atoms with E-state index in [-0.39, 0.29) is 0 Å². The minimum absolute atomic E-state index is 0.619. The van der Waals surface area contributed by atoms with Crippen molar-refractivity contribution < 1.29 is 5.11 Å². The molecule has 0 fully saturated rings. The molecule has 1 aromatic carbocycles. The number of hydrogen-bond donors (Lipinski definition) is 2. The van der Waals surface area contributed by atoms with Crippen molar-refractivity contribution in [3.63, 3.8) is 0 Å². The zero-order chi connectivity index (χ0) is 10.6. The molecule has 0 atom stereocenters. The van der Waals surface area contributed by atoms with Gasteiger partial charge in [0.1, 0.15) is 0 Å². The number of hydrogen-bond acceptors (Lipinski definition) is 2. The fourth-order valence-electron chi connectivity index (χ4n) is 1.11. The van der Waals surface area contributed by atoms with Crippen LogP contribution in [0.4, 0.5) is 5.69 Å². The van der Waals surface area contributed by atoms with Crippen molar-refractivity contribution in [2.24, 2.45) is 0 Å². The van der Waals surface area contributed by atoms with Crippen LogP contribution in [0.1, 0.15) is 20.3 Å². The fourth-order valence-corrected chi connectivity index (χ4v) is 1.30. The lowest BCUT2D eigenvalue weighted by molar-refractivity contribution is 0.0749. The molecule has 0 saturated carbocycles. The van der Waals surface area contributed by atoms with Crippen molar-refractivity contribution in [1.82, 2.24) is 0 Å². The van der Waals surface area contributed by atoms with E-state index in [1.54, 1.807) is 13.8 Å². The standard InChI is InChI=1S/C11H16ClNO/c1-11(2,14)6-7-13-10-5-3-4-9(12)8-10/h3-5,8,13-14H,6-7H2,1-2H3. The first-order valence-corrected chi connectivity index (χ1v) is 5.07. The van der Waals surface area contributed by atoms with E-state index in [0.717, 1.165) is 17.3 Å². The predicted octanol–water partition coefficient (Wildman–Crippen LogP) is 2.91. The first kappa shape index (κ1) is 11.3. The maximum absolute atomic E-state index is 9.48. The number of halogens is 1. The molecule has 0 spiro atoms. The molecule has 0 aliphatic rings. The van der Waals surface area contributed by atoms with Crippen molar-refractivity contribution in [2.75, 3.05) is 11.9 Å². The van der Waals surface area contributed by atoms with Crippen molar-refractivity contribution in [1.29, 1.82) is 0 Å². The molecule has 0 aromatic heterocycles. The highest BCUT2D eigenvalue weighted by Crippen LogP contribution is 2.15. The molecule has 0 heterocycles. The summed E-state index contributed by atoms with van der Waals surface area (Å²) in [4.78, 5) is 0. The van der Waals surface area contributed by atoms with Gasteiger partial charge in [0.15, 0.2) is 0 Å². The Hall–Kier alpha value is -0.730. The first-order chi connectivity index (χ1) is 6.47. The fraction of sp³-hybridized carbons (Fsp3) is 0.455. The molecule has 1 rings (SSSR count). The lowest BCUT2D eigenvalue weighted by atomic mass is 10.1. The topological polar surface area (TPSA) is 32.3 Å². The SMILES string of the molecule is CC(C)(O)CCNc1cccc(Cl)c1. The van der Waals surface area contributed by atoms with Gasteiger partial charge in [-0.3, -0.25) is 0 Å². The number of benzene rings is 1. The summed E-state index contributed by atoms with van der Waals surface area (Å²) in [5.74, 6) is 0. The van der Waals surface area contributed by atoms with Crippen LogP contribution in [0.15, 0.2) is 24.3 Å². The van der Waals surface area contributed by atoms with Crippen LogP contribution in [0, 0.1) is 0 Å². The summed E-state index contributed by atoms with van der Waals surface area (Å²) in [5.41, 5.74) is 0.368. The van der Waals surface area contributed by atoms with Crippen LogP contribution in [0.3, 0.4) is 0 Å². The summed E-state index contributed by atoms with van der Waals surface area (Å²) in [6.07, 6.45) is 0.708. The Kier molecular flexibility index (Phi) is 3.78. The summed E-state index contributed by atoms with van der Waals surface area (Å²) in [6, 6.07) is 7.56. The van der Waals surface area contributed by atoms with E-state index in [9.17, 15) is 5.11 Å². The van der Waals surface area contributed by atoms with Gasteiger partial charge in [-0.15, -0.1) is 0 Å². The smallest absolute Gasteiger partial charge is 0.0608 e. The van der Waals surface area contributed by atoms with E-state index in [4.69, 9.17) is 11.6 Å². The average molecular weight is 214 g/mol. The van der Waals surface area contributed by atoms with Crippen molar-refractivity contribution in [3.05, 3.63) is 29.3 Å². The van der Waals surface area contributed by atoms with E-state index in [1.807, 2.05) is 24.3 Å². The Morgan fingerprint density at radius 1 is 1.43 bits per heavy atom. The second-order valence-electron chi connectivity index (χ2n) is 4.00. The summed E-state index contributed by atoms with van der Waals surface area (Å²) in [6.45, 7) is 4.34. The first-order valence-electron chi connectivity index (χ1n) is 4.69. The molecular formula is C11H16ClNO. The van der Waals surface area contributed by atoms with Gasteiger partial charge in [0.2, 0.25) is 0 Å². The van der Waals surface area contributed by atoms with E-state index < -0.39 is 5.60 Å². The summed E-state index contributed by atoms with van der Waals surface area (Å²) in [5, 5.41) is 13.4. The number of anilines is 1. The van der Waals surface area contributed by atoms with Crippen LogP contribution < -0.4 is 5.32 Å². The van der Waals surface area contributed by atoms with Crippen LogP contribution in [-0.4, -0.2) is 17.3 Å². The lowest BCUT2D eigenvalue weighted by Crippen LogP contribution is -2.22. The monoisotopic (exact) mass is 213 g/mol. The Morgan fingerprint density at radius 3 is 2.71 bits per heavy atom. The zero-order valence-electron chi connectivity index (χ0n) is 8.55. The Labute approximate surface area is 89.9 Å². The Bertz CT molecular complexity index is 294. The van der Waals surface area contributed by atoms with Gasteiger partial charge in [0.25, 0.3) is 0 Å². The highest BCUT2D eigenvalue weighted by atomic mass is 35.5. The molecule has 2 N–H and O–H groups in total. The minimum atomic E-state index is -0.619.